The number of sulfonamides is 1. The highest BCUT2D eigenvalue weighted by atomic mass is 32.2. The number of rotatable bonds is 5. The first-order valence-corrected chi connectivity index (χ1v) is 8.42. The monoisotopic (exact) mass is 301 g/mol. The predicted octanol–water partition coefficient (Wildman–Crippen LogP) is -0.832. The fourth-order valence-corrected chi connectivity index (χ4v) is 2.94. The van der Waals surface area contributed by atoms with Crippen molar-refractivity contribution in [3.8, 4) is 0 Å². The molecule has 2 N–H and O–H groups in total. The molecule has 1 amide bonds. The maximum Gasteiger partial charge on any atom is 0.238 e. The summed E-state index contributed by atoms with van der Waals surface area (Å²) in [5.41, 5.74) is 0. The Kier molecular flexibility index (Phi) is 4.39. The first-order valence-electron chi connectivity index (χ1n) is 6.53. The Morgan fingerprint density at radius 3 is 2.85 bits per heavy atom. The molecular weight excluding hydrogens is 282 g/mol. The average molecular weight is 301 g/mol. The van der Waals surface area contributed by atoms with Crippen molar-refractivity contribution >= 4 is 15.9 Å². The smallest absolute Gasteiger partial charge is 0.238 e. The maximum absolute atomic E-state index is 11.8. The molecule has 0 saturated heterocycles. The summed E-state index contributed by atoms with van der Waals surface area (Å²) in [5.74, 6) is 1.27. The van der Waals surface area contributed by atoms with E-state index in [2.05, 4.69) is 20.2 Å². The van der Waals surface area contributed by atoms with Crippen molar-refractivity contribution in [1.82, 2.24) is 24.8 Å². The van der Waals surface area contributed by atoms with Gasteiger partial charge in [0.15, 0.2) is 5.82 Å². The van der Waals surface area contributed by atoms with Gasteiger partial charge in [0.05, 0.1) is 18.8 Å². The molecule has 9 heteroatoms. The number of nitrogens with one attached hydrogen (secondary N) is 2. The van der Waals surface area contributed by atoms with Crippen molar-refractivity contribution in [2.75, 3.05) is 6.26 Å². The fraction of sp³-hybridized carbons (Fsp3) is 0.727. The molecule has 20 heavy (non-hydrogen) atoms. The zero-order valence-corrected chi connectivity index (χ0v) is 12.4. The van der Waals surface area contributed by atoms with Gasteiger partial charge in [-0.15, -0.1) is 10.2 Å². The summed E-state index contributed by atoms with van der Waals surface area (Å²) < 4.78 is 26.3. The number of hydrogen-bond acceptors (Lipinski definition) is 5. The number of fused-ring (bicyclic) bond motifs is 1. The van der Waals surface area contributed by atoms with Crippen LogP contribution in [0.15, 0.2) is 0 Å². The van der Waals surface area contributed by atoms with E-state index in [1.807, 2.05) is 4.57 Å². The maximum atomic E-state index is 11.8. The molecule has 8 nitrogen and oxygen atoms in total. The quantitative estimate of drug-likeness (QED) is 0.738. The Morgan fingerprint density at radius 1 is 1.40 bits per heavy atom. The van der Waals surface area contributed by atoms with E-state index in [0.29, 0.717) is 5.82 Å². The summed E-state index contributed by atoms with van der Waals surface area (Å²) in [5, 5.41) is 10.8. The normalized spacial score (nSPS) is 16.5. The van der Waals surface area contributed by atoms with E-state index in [1.165, 1.54) is 6.92 Å². The Labute approximate surface area is 118 Å². The van der Waals surface area contributed by atoms with Crippen LogP contribution in [0.1, 0.15) is 31.4 Å². The molecule has 0 radical (unpaired) electrons. The van der Waals surface area contributed by atoms with Gasteiger partial charge >= 0.3 is 0 Å². The highest BCUT2D eigenvalue weighted by molar-refractivity contribution is 7.88. The van der Waals surface area contributed by atoms with Gasteiger partial charge in [-0.1, -0.05) is 0 Å². The molecule has 112 valence electrons. The third kappa shape index (κ3) is 3.76. The number of hydrogen-bond donors (Lipinski definition) is 2. The second-order valence-corrected chi connectivity index (χ2v) is 6.75. The Bertz CT molecular complexity index is 595. The summed E-state index contributed by atoms with van der Waals surface area (Å²) >= 11 is 0. The molecule has 0 aromatic carbocycles. The van der Waals surface area contributed by atoms with E-state index in [1.54, 1.807) is 0 Å². The second-order valence-electron chi connectivity index (χ2n) is 4.97. The highest BCUT2D eigenvalue weighted by Crippen LogP contribution is 2.13. The van der Waals surface area contributed by atoms with E-state index in [0.717, 1.165) is 37.9 Å². The molecule has 2 rings (SSSR count). The lowest BCUT2D eigenvalue weighted by Crippen LogP contribution is -2.44. The molecule has 0 saturated carbocycles. The van der Waals surface area contributed by atoms with E-state index < -0.39 is 16.1 Å². The number of aromatic nitrogens is 3. The van der Waals surface area contributed by atoms with Crippen molar-refractivity contribution < 1.29 is 13.2 Å². The van der Waals surface area contributed by atoms with Gasteiger partial charge in [-0.25, -0.2) is 13.1 Å². The topological polar surface area (TPSA) is 106 Å². The Hall–Kier alpha value is -1.48. The van der Waals surface area contributed by atoms with Crippen LogP contribution in [0.2, 0.25) is 0 Å². The number of carbonyl (C=O) groups excluding carboxylic acids is 1. The Balaban J connectivity index is 1.92. The van der Waals surface area contributed by atoms with Gasteiger partial charge in [-0.3, -0.25) is 4.79 Å². The summed E-state index contributed by atoms with van der Waals surface area (Å²) in [6.07, 6.45) is 4.12. The molecule has 1 aromatic heterocycles. The van der Waals surface area contributed by atoms with E-state index >= 15 is 0 Å². The van der Waals surface area contributed by atoms with E-state index in [4.69, 9.17) is 0 Å². The largest absolute Gasteiger partial charge is 0.347 e. The molecule has 1 aliphatic heterocycles. The first kappa shape index (κ1) is 14.9. The van der Waals surface area contributed by atoms with Crippen LogP contribution in [-0.4, -0.2) is 41.4 Å². The number of aryl methyl sites for hydroxylation is 1. The Morgan fingerprint density at radius 2 is 2.15 bits per heavy atom. The van der Waals surface area contributed by atoms with Crippen molar-refractivity contribution in [3.05, 3.63) is 11.6 Å². The van der Waals surface area contributed by atoms with Gasteiger partial charge in [0, 0.05) is 13.0 Å². The lowest BCUT2D eigenvalue weighted by molar-refractivity contribution is -0.122. The first-order chi connectivity index (χ1) is 9.37. The molecule has 1 aliphatic rings. The van der Waals surface area contributed by atoms with E-state index in [-0.39, 0.29) is 12.5 Å². The molecule has 2 heterocycles. The van der Waals surface area contributed by atoms with Crippen molar-refractivity contribution in [2.45, 2.75) is 45.3 Å². The molecule has 1 atom stereocenters. The molecule has 0 aliphatic carbocycles. The lowest BCUT2D eigenvalue weighted by Gasteiger charge is -2.16. The van der Waals surface area contributed by atoms with Gasteiger partial charge < -0.3 is 9.88 Å². The summed E-state index contributed by atoms with van der Waals surface area (Å²) in [6, 6.07) is -0.811. The number of amides is 1. The highest BCUT2D eigenvalue weighted by Gasteiger charge is 2.19. The minimum atomic E-state index is -3.40. The van der Waals surface area contributed by atoms with Gasteiger partial charge in [0.1, 0.15) is 5.82 Å². The zero-order chi connectivity index (χ0) is 14.8. The molecule has 0 spiro atoms. The molecule has 0 unspecified atom stereocenters. The van der Waals surface area contributed by atoms with Crippen LogP contribution in [0.3, 0.4) is 0 Å². The van der Waals surface area contributed by atoms with E-state index in [9.17, 15) is 13.2 Å². The minimum absolute atomic E-state index is 0.252. The summed E-state index contributed by atoms with van der Waals surface area (Å²) in [4.78, 5) is 11.8. The lowest BCUT2D eigenvalue weighted by atomic mass is 10.2. The van der Waals surface area contributed by atoms with Crippen LogP contribution in [0, 0.1) is 0 Å². The SMILES string of the molecule is C[C@H](NS(C)(=O)=O)C(=O)NCc1nnc2n1CCCC2. The molecular formula is C11H19N5O3S. The van der Waals surface area contributed by atoms with Crippen molar-refractivity contribution in [1.29, 1.82) is 0 Å². The van der Waals surface area contributed by atoms with Crippen LogP contribution in [0.5, 0.6) is 0 Å². The van der Waals surface area contributed by atoms with Crippen LogP contribution >= 0.6 is 0 Å². The van der Waals surface area contributed by atoms with Gasteiger partial charge in [0.2, 0.25) is 15.9 Å². The summed E-state index contributed by atoms with van der Waals surface area (Å²) in [7, 11) is -3.40. The predicted molar refractivity (Wildman–Crippen MR) is 72.2 cm³/mol. The van der Waals surface area contributed by atoms with Crippen LogP contribution in [-0.2, 0) is 34.3 Å². The third-order valence-corrected chi connectivity index (χ3v) is 3.92. The third-order valence-electron chi connectivity index (χ3n) is 3.14. The zero-order valence-electron chi connectivity index (χ0n) is 11.6. The second kappa shape index (κ2) is 5.88. The van der Waals surface area contributed by atoms with Crippen molar-refractivity contribution in [2.24, 2.45) is 0 Å². The van der Waals surface area contributed by atoms with Gasteiger partial charge in [-0.2, -0.15) is 0 Å². The van der Waals surface area contributed by atoms with Crippen LogP contribution < -0.4 is 10.0 Å². The number of carbonyl (C=O) groups is 1. The molecule has 0 fully saturated rings. The van der Waals surface area contributed by atoms with Crippen LogP contribution in [0.25, 0.3) is 0 Å². The van der Waals surface area contributed by atoms with Crippen LogP contribution in [0.4, 0.5) is 0 Å². The molecule has 1 aromatic rings. The standard InChI is InChI=1S/C11H19N5O3S/c1-8(15-20(2,18)19)11(17)12-7-10-14-13-9-5-3-4-6-16(9)10/h8,15H,3-7H2,1-2H3,(H,12,17)/t8-/m0/s1. The average Bonchev–Trinajstić information content (AvgIpc) is 2.77. The minimum Gasteiger partial charge on any atom is -0.347 e. The number of nitrogens with zero attached hydrogens (tertiary/aromatic N) is 3. The fourth-order valence-electron chi connectivity index (χ4n) is 2.19. The van der Waals surface area contributed by atoms with Gasteiger partial charge in [-0.05, 0) is 19.8 Å². The van der Waals surface area contributed by atoms with Crippen molar-refractivity contribution in [3.63, 3.8) is 0 Å². The van der Waals surface area contributed by atoms with Gasteiger partial charge in [0.25, 0.3) is 0 Å². The molecule has 0 bridgehead atoms. The summed E-state index contributed by atoms with van der Waals surface area (Å²) in [6.45, 7) is 2.61.